The van der Waals surface area contributed by atoms with Crippen LogP contribution in [0.3, 0.4) is 0 Å². The zero-order valence-electron chi connectivity index (χ0n) is 18.1. The Morgan fingerprint density at radius 2 is 1.60 bits per heavy atom. The molecule has 35 heavy (non-hydrogen) atoms. The average molecular weight is 495 g/mol. The van der Waals surface area contributed by atoms with E-state index >= 15 is 0 Å². The summed E-state index contributed by atoms with van der Waals surface area (Å²) in [5, 5.41) is 2.74. The van der Waals surface area contributed by atoms with Gasteiger partial charge in [-0.2, -0.15) is 0 Å². The first-order valence-electron chi connectivity index (χ1n) is 10.5. The van der Waals surface area contributed by atoms with Crippen LogP contribution in [0, 0.1) is 5.82 Å². The largest absolute Gasteiger partial charge is 0.486 e. The predicted octanol–water partition coefficient (Wildman–Crippen LogP) is 3.84. The number of nitrogens with one attached hydrogen (secondary N) is 2. The zero-order chi connectivity index (χ0) is 24.4. The number of sulfonamides is 1. The van der Waals surface area contributed by atoms with Gasteiger partial charge >= 0.3 is 0 Å². The molecule has 1 aliphatic rings. The van der Waals surface area contributed by atoms with Crippen LogP contribution >= 0.6 is 0 Å². The van der Waals surface area contributed by atoms with Crippen molar-refractivity contribution in [3.8, 4) is 17.2 Å². The molecule has 0 radical (unpaired) electrons. The van der Waals surface area contributed by atoms with E-state index in [0.29, 0.717) is 41.8 Å². The van der Waals surface area contributed by atoms with E-state index in [0.717, 1.165) is 0 Å². The molecule has 1 amide bonds. The number of amides is 1. The van der Waals surface area contributed by atoms with Crippen LogP contribution in [-0.2, 0) is 10.0 Å². The zero-order valence-corrected chi connectivity index (χ0v) is 19.0. The van der Waals surface area contributed by atoms with E-state index in [1.165, 1.54) is 65.6 Å². The van der Waals surface area contributed by atoms with Gasteiger partial charge < -0.3 is 14.8 Å². The molecule has 0 saturated carbocycles. The number of rotatable bonds is 6. The van der Waals surface area contributed by atoms with E-state index < -0.39 is 15.9 Å². The average Bonchev–Trinajstić information content (AvgIpc) is 3.35. The molecule has 0 atom stereocenters. The third-order valence-electron chi connectivity index (χ3n) is 5.19. The van der Waals surface area contributed by atoms with Crippen molar-refractivity contribution in [2.24, 2.45) is 0 Å². The molecule has 0 fully saturated rings. The lowest BCUT2D eigenvalue weighted by molar-refractivity contribution is 0.102. The number of carbonyl (C=O) groups excluding carboxylic acids is 1. The molecule has 2 N–H and O–H groups in total. The highest BCUT2D eigenvalue weighted by Crippen LogP contribution is 2.32. The molecule has 1 aromatic heterocycles. The van der Waals surface area contributed by atoms with Gasteiger partial charge in [-0.3, -0.25) is 14.1 Å². The second kappa shape index (κ2) is 9.11. The summed E-state index contributed by atoms with van der Waals surface area (Å²) in [6.07, 6.45) is 2.85. The van der Waals surface area contributed by atoms with Crippen LogP contribution in [0.5, 0.6) is 11.5 Å². The molecular formula is C24H19FN4O5S. The molecule has 0 saturated heterocycles. The van der Waals surface area contributed by atoms with Gasteiger partial charge in [0.05, 0.1) is 17.4 Å². The van der Waals surface area contributed by atoms with Crippen molar-refractivity contribution in [2.45, 2.75) is 4.90 Å². The van der Waals surface area contributed by atoms with Crippen molar-refractivity contribution >= 4 is 27.3 Å². The van der Waals surface area contributed by atoms with Crippen LogP contribution in [0.25, 0.3) is 5.69 Å². The Hall–Kier alpha value is -4.38. The van der Waals surface area contributed by atoms with E-state index in [4.69, 9.17) is 9.47 Å². The lowest BCUT2D eigenvalue weighted by atomic mass is 10.2. The van der Waals surface area contributed by atoms with E-state index in [2.05, 4.69) is 15.0 Å². The van der Waals surface area contributed by atoms with Crippen molar-refractivity contribution < 1.29 is 27.1 Å². The van der Waals surface area contributed by atoms with Gasteiger partial charge in [0.15, 0.2) is 11.5 Å². The molecular weight excluding hydrogens is 475 g/mol. The van der Waals surface area contributed by atoms with E-state index in [1.807, 2.05) is 0 Å². The molecule has 9 nitrogen and oxygen atoms in total. The summed E-state index contributed by atoms with van der Waals surface area (Å²) in [4.78, 5) is 16.8. The Bertz CT molecular complexity index is 1490. The third kappa shape index (κ3) is 4.80. The Labute approximate surface area is 200 Å². The minimum atomic E-state index is -3.87. The number of aromatic nitrogens is 2. The number of benzene rings is 3. The first kappa shape index (κ1) is 22.4. The summed E-state index contributed by atoms with van der Waals surface area (Å²) in [6.45, 7) is 0.761. The van der Waals surface area contributed by atoms with Gasteiger partial charge in [0.25, 0.3) is 15.9 Å². The Balaban J connectivity index is 1.28. The predicted molar refractivity (Wildman–Crippen MR) is 126 cm³/mol. The standard InChI is InChI=1S/C24H19FN4O5S/c25-16-1-7-19(8-2-16)29-15-26-14-21(29)24(30)27-17-3-5-18(6-4-17)28-35(31,32)20-9-10-22-23(13-20)34-12-11-33-22/h1-10,13-15,28H,11-12H2,(H,27,30). The maximum absolute atomic E-state index is 13.2. The number of hydrogen-bond acceptors (Lipinski definition) is 6. The van der Waals surface area contributed by atoms with Crippen molar-refractivity contribution in [3.63, 3.8) is 0 Å². The van der Waals surface area contributed by atoms with Gasteiger partial charge in [-0.1, -0.05) is 0 Å². The number of anilines is 2. The summed E-state index contributed by atoms with van der Waals surface area (Å²) >= 11 is 0. The molecule has 0 unspecified atom stereocenters. The Kier molecular flexibility index (Phi) is 5.83. The first-order chi connectivity index (χ1) is 16.9. The Morgan fingerprint density at radius 1 is 0.914 bits per heavy atom. The third-order valence-corrected chi connectivity index (χ3v) is 6.57. The molecule has 3 aromatic carbocycles. The minimum absolute atomic E-state index is 0.0354. The second-order valence-electron chi connectivity index (χ2n) is 7.57. The van der Waals surface area contributed by atoms with Crippen LogP contribution in [0.2, 0.25) is 0 Å². The molecule has 0 aliphatic carbocycles. The van der Waals surface area contributed by atoms with Gasteiger partial charge in [0, 0.05) is 23.1 Å². The highest BCUT2D eigenvalue weighted by Gasteiger charge is 2.20. The van der Waals surface area contributed by atoms with Gasteiger partial charge in [-0.05, 0) is 60.7 Å². The van der Waals surface area contributed by atoms with Crippen LogP contribution in [0.1, 0.15) is 10.5 Å². The molecule has 11 heteroatoms. The lowest BCUT2D eigenvalue weighted by Crippen LogP contribution is -2.17. The second-order valence-corrected chi connectivity index (χ2v) is 9.25. The SMILES string of the molecule is O=C(Nc1ccc(NS(=O)(=O)c2ccc3c(c2)OCCO3)cc1)c1cncn1-c1ccc(F)cc1. The number of nitrogens with zero attached hydrogens (tertiary/aromatic N) is 2. The van der Waals surface area contributed by atoms with E-state index in [-0.39, 0.29) is 16.4 Å². The topological polar surface area (TPSA) is 112 Å². The fourth-order valence-corrected chi connectivity index (χ4v) is 4.57. The quantitative estimate of drug-likeness (QED) is 0.421. The fourth-order valence-electron chi connectivity index (χ4n) is 3.49. The van der Waals surface area contributed by atoms with Crippen LogP contribution in [0.4, 0.5) is 15.8 Å². The Morgan fingerprint density at radius 3 is 2.34 bits per heavy atom. The fraction of sp³-hybridized carbons (Fsp3) is 0.0833. The van der Waals surface area contributed by atoms with Gasteiger partial charge in [0.1, 0.15) is 24.7 Å². The van der Waals surface area contributed by atoms with Crippen LogP contribution < -0.4 is 19.5 Å². The minimum Gasteiger partial charge on any atom is -0.486 e. The summed E-state index contributed by atoms with van der Waals surface area (Å²) in [5.41, 5.74) is 1.59. The van der Waals surface area contributed by atoms with Gasteiger partial charge in [0.2, 0.25) is 0 Å². The first-order valence-corrected chi connectivity index (χ1v) is 12.0. The highest BCUT2D eigenvalue weighted by atomic mass is 32.2. The van der Waals surface area contributed by atoms with Crippen molar-refractivity contribution in [2.75, 3.05) is 23.3 Å². The van der Waals surface area contributed by atoms with Crippen LogP contribution in [0.15, 0.2) is 84.1 Å². The number of halogens is 1. The van der Waals surface area contributed by atoms with E-state index in [1.54, 1.807) is 18.2 Å². The number of hydrogen-bond donors (Lipinski definition) is 2. The summed E-state index contributed by atoms with van der Waals surface area (Å²) in [6, 6.07) is 16.3. The number of imidazole rings is 1. The summed E-state index contributed by atoms with van der Waals surface area (Å²) < 4.78 is 53.7. The summed E-state index contributed by atoms with van der Waals surface area (Å²) in [5.74, 6) is 0.0501. The molecule has 0 bridgehead atoms. The van der Waals surface area contributed by atoms with Crippen molar-refractivity contribution in [1.82, 2.24) is 9.55 Å². The van der Waals surface area contributed by atoms with Gasteiger partial charge in [-0.15, -0.1) is 0 Å². The normalized spacial score (nSPS) is 12.7. The molecule has 5 rings (SSSR count). The van der Waals surface area contributed by atoms with Crippen molar-refractivity contribution in [3.05, 3.63) is 90.8 Å². The molecule has 4 aromatic rings. The molecule has 2 heterocycles. The smallest absolute Gasteiger partial charge is 0.274 e. The van der Waals surface area contributed by atoms with Crippen LogP contribution in [-0.4, -0.2) is 37.1 Å². The maximum Gasteiger partial charge on any atom is 0.274 e. The van der Waals surface area contributed by atoms with Crippen molar-refractivity contribution in [1.29, 1.82) is 0 Å². The lowest BCUT2D eigenvalue weighted by Gasteiger charge is -2.19. The molecule has 178 valence electrons. The van der Waals surface area contributed by atoms with Gasteiger partial charge in [-0.25, -0.2) is 17.8 Å². The molecule has 1 aliphatic heterocycles. The van der Waals surface area contributed by atoms with E-state index in [9.17, 15) is 17.6 Å². The molecule has 0 spiro atoms. The number of fused-ring (bicyclic) bond motifs is 1. The highest BCUT2D eigenvalue weighted by molar-refractivity contribution is 7.92. The summed E-state index contributed by atoms with van der Waals surface area (Å²) in [7, 11) is -3.87. The maximum atomic E-state index is 13.2. The number of ether oxygens (including phenoxy) is 2. The number of carbonyl (C=O) groups is 1. The monoisotopic (exact) mass is 494 g/mol.